The topological polar surface area (TPSA) is 85.1 Å². The van der Waals surface area contributed by atoms with Gasteiger partial charge in [0.1, 0.15) is 0 Å². The third-order valence-electron chi connectivity index (χ3n) is 3.64. The molecule has 1 aromatic carbocycles. The van der Waals surface area contributed by atoms with Gasteiger partial charge < -0.3 is 5.73 Å². The molecule has 1 atom stereocenters. The van der Waals surface area contributed by atoms with Gasteiger partial charge in [-0.15, -0.1) is 0 Å². The van der Waals surface area contributed by atoms with E-state index in [2.05, 4.69) is 9.71 Å². The second kappa shape index (κ2) is 6.98. The first-order valence-corrected chi connectivity index (χ1v) is 8.59. The first-order chi connectivity index (χ1) is 10.1. The number of aromatic nitrogens is 1. The smallest absolute Gasteiger partial charge is 0.241 e. The molecule has 0 amide bonds. The summed E-state index contributed by atoms with van der Waals surface area (Å²) in [6.07, 6.45) is 4.99. The molecule has 0 spiro atoms. The Bertz CT molecular complexity index is 696. The quantitative estimate of drug-likeness (QED) is 0.818. The van der Waals surface area contributed by atoms with Crippen LogP contribution in [0, 0.1) is 5.92 Å². The summed E-state index contributed by atoms with van der Waals surface area (Å²) in [4.78, 5) is 4.32. The molecular formula is C15H21N3O2S. The van der Waals surface area contributed by atoms with E-state index in [1.807, 2.05) is 13.0 Å². The van der Waals surface area contributed by atoms with Crippen molar-refractivity contribution in [1.29, 1.82) is 0 Å². The van der Waals surface area contributed by atoms with Gasteiger partial charge >= 0.3 is 0 Å². The molecule has 0 aliphatic heterocycles. The van der Waals surface area contributed by atoms with E-state index in [0.717, 1.165) is 18.2 Å². The zero-order valence-corrected chi connectivity index (χ0v) is 12.9. The van der Waals surface area contributed by atoms with Gasteiger partial charge in [-0.1, -0.05) is 25.5 Å². The van der Waals surface area contributed by atoms with Crippen LogP contribution >= 0.6 is 0 Å². The van der Waals surface area contributed by atoms with Gasteiger partial charge in [0, 0.05) is 29.7 Å². The van der Waals surface area contributed by atoms with Crippen LogP contribution in [-0.4, -0.2) is 26.5 Å². The van der Waals surface area contributed by atoms with E-state index in [1.54, 1.807) is 30.6 Å². The number of nitrogens with one attached hydrogen (secondary N) is 1. The Morgan fingerprint density at radius 1 is 1.33 bits per heavy atom. The maximum absolute atomic E-state index is 12.5. The van der Waals surface area contributed by atoms with E-state index >= 15 is 0 Å². The van der Waals surface area contributed by atoms with Gasteiger partial charge in [-0.05, 0) is 31.0 Å². The molecule has 1 heterocycles. The normalized spacial score (nSPS) is 13.4. The molecule has 21 heavy (non-hydrogen) atoms. The Kier molecular flexibility index (Phi) is 5.27. The lowest BCUT2D eigenvalue weighted by Crippen LogP contribution is -2.30. The van der Waals surface area contributed by atoms with Gasteiger partial charge in [-0.25, -0.2) is 13.1 Å². The maximum atomic E-state index is 12.5. The van der Waals surface area contributed by atoms with Gasteiger partial charge in [-0.3, -0.25) is 4.98 Å². The van der Waals surface area contributed by atoms with E-state index < -0.39 is 10.0 Å². The number of rotatable bonds is 7. The number of sulfonamides is 1. The van der Waals surface area contributed by atoms with E-state index in [1.165, 1.54) is 0 Å². The molecule has 0 bridgehead atoms. The van der Waals surface area contributed by atoms with Gasteiger partial charge in [0.2, 0.25) is 10.0 Å². The van der Waals surface area contributed by atoms with Crippen LogP contribution < -0.4 is 10.5 Å². The van der Waals surface area contributed by atoms with Crippen molar-refractivity contribution in [1.82, 2.24) is 9.71 Å². The van der Waals surface area contributed by atoms with Crippen molar-refractivity contribution in [3.05, 3.63) is 36.7 Å². The summed E-state index contributed by atoms with van der Waals surface area (Å²) in [6, 6.07) is 6.93. The third kappa shape index (κ3) is 3.78. The second-order valence-corrected chi connectivity index (χ2v) is 6.79. The number of fused-ring (bicyclic) bond motifs is 1. The third-order valence-corrected chi connectivity index (χ3v) is 5.13. The highest BCUT2D eigenvalue weighted by atomic mass is 32.2. The molecule has 6 heteroatoms. The predicted octanol–water partition coefficient (Wildman–Crippen LogP) is 1.89. The van der Waals surface area contributed by atoms with Gasteiger partial charge in [0.05, 0.1) is 4.90 Å². The highest BCUT2D eigenvalue weighted by molar-refractivity contribution is 7.89. The predicted molar refractivity (Wildman–Crippen MR) is 84.4 cm³/mol. The van der Waals surface area contributed by atoms with Crippen LogP contribution in [0.4, 0.5) is 0 Å². The number of pyridine rings is 1. The molecular weight excluding hydrogens is 286 g/mol. The van der Waals surface area contributed by atoms with Crippen molar-refractivity contribution < 1.29 is 8.42 Å². The van der Waals surface area contributed by atoms with E-state index in [9.17, 15) is 8.42 Å². The molecule has 0 saturated carbocycles. The summed E-state index contributed by atoms with van der Waals surface area (Å²) < 4.78 is 27.7. The lowest BCUT2D eigenvalue weighted by Gasteiger charge is -2.15. The summed E-state index contributed by atoms with van der Waals surface area (Å²) in [5, 5.41) is 1.50. The number of hydrogen-bond acceptors (Lipinski definition) is 4. The lowest BCUT2D eigenvalue weighted by atomic mass is 10.0. The zero-order chi connectivity index (χ0) is 15.3. The Balaban J connectivity index is 2.26. The van der Waals surface area contributed by atoms with E-state index in [4.69, 9.17) is 5.73 Å². The zero-order valence-electron chi connectivity index (χ0n) is 12.1. The van der Waals surface area contributed by atoms with Gasteiger partial charge in [-0.2, -0.15) is 0 Å². The summed E-state index contributed by atoms with van der Waals surface area (Å²) in [5.41, 5.74) is 5.55. The number of hydrogen-bond donors (Lipinski definition) is 2. The standard InChI is InChI=1S/C15H21N3O2S/c1-2-12(6-8-16)10-18-21(19,20)15-5-3-4-13-11-17-9-7-14(13)15/h3-5,7,9,11-12,18H,2,6,8,10,16H2,1H3. The number of nitrogens with zero attached hydrogens (tertiary/aromatic N) is 1. The first-order valence-electron chi connectivity index (χ1n) is 7.11. The molecule has 114 valence electrons. The molecule has 2 rings (SSSR count). The van der Waals surface area contributed by atoms with Gasteiger partial charge in [0.25, 0.3) is 0 Å². The van der Waals surface area contributed by atoms with Crippen LogP contribution in [0.3, 0.4) is 0 Å². The molecule has 0 saturated heterocycles. The highest BCUT2D eigenvalue weighted by Crippen LogP contribution is 2.22. The minimum atomic E-state index is -3.53. The first kappa shape index (κ1) is 15.9. The fourth-order valence-corrected chi connectivity index (χ4v) is 3.66. The van der Waals surface area contributed by atoms with E-state index in [0.29, 0.717) is 23.4 Å². The largest absolute Gasteiger partial charge is 0.330 e. The molecule has 1 unspecified atom stereocenters. The monoisotopic (exact) mass is 307 g/mol. The molecule has 1 aromatic heterocycles. The SMILES string of the molecule is CCC(CCN)CNS(=O)(=O)c1cccc2cnccc12. The molecule has 5 nitrogen and oxygen atoms in total. The summed E-state index contributed by atoms with van der Waals surface area (Å²) >= 11 is 0. The minimum absolute atomic E-state index is 0.265. The van der Waals surface area contributed by atoms with Crippen LogP contribution in [0.25, 0.3) is 10.8 Å². The average molecular weight is 307 g/mol. The van der Waals surface area contributed by atoms with Crippen molar-refractivity contribution in [2.75, 3.05) is 13.1 Å². The molecule has 3 N–H and O–H groups in total. The fraction of sp³-hybridized carbons (Fsp3) is 0.400. The van der Waals surface area contributed by atoms with Crippen LogP contribution in [0.5, 0.6) is 0 Å². The maximum Gasteiger partial charge on any atom is 0.241 e. The van der Waals surface area contributed by atoms with Crippen molar-refractivity contribution in [3.63, 3.8) is 0 Å². The van der Waals surface area contributed by atoms with Crippen LogP contribution in [0.15, 0.2) is 41.6 Å². The Morgan fingerprint density at radius 3 is 2.86 bits per heavy atom. The Hall–Kier alpha value is -1.50. The average Bonchev–Trinajstić information content (AvgIpc) is 2.50. The van der Waals surface area contributed by atoms with Gasteiger partial charge in [0.15, 0.2) is 0 Å². The summed E-state index contributed by atoms with van der Waals surface area (Å²) in [6.45, 7) is 3.02. The number of benzene rings is 1. The number of nitrogens with two attached hydrogens (primary N) is 1. The fourth-order valence-electron chi connectivity index (χ4n) is 2.32. The molecule has 0 fully saturated rings. The highest BCUT2D eigenvalue weighted by Gasteiger charge is 2.18. The Morgan fingerprint density at radius 2 is 2.14 bits per heavy atom. The molecule has 0 aliphatic rings. The van der Waals surface area contributed by atoms with Crippen LogP contribution in [0.1, 0.15) is 19.8 Å². The molecule has 0 radical (unpaired) electrons. The molecule has 0 aliphatic carbocycles. The van der Waals surface area contributed by atoms with Crippen molar-refractivity contribution in [3.8, 4) is 0 Å². The minimum Gasteiger partial charge on any atom is -0.330 e. The van der Waals surface area contributed by atoms with Crippen molar-refractivity contribution >= 4 is 20.8 Å². The van der Waals surface area contributed by atoms with Crippen molar-refractivity contribution in [2.45, 2.75) is 24.7 Å². The lowest BCUT2D eigenvalue weighted by molar-refractivity contribution is 0.466. The van der Waals surface area contributed by atoms with Crippen LogP contribution in [0.2, 0.25) is 0 Å². The van der Waals surface area contributed by atoms with Crippen molar-refractivity contribution in [2.24, 2.45) is 11.7 Å². The summed E-state index contributed by atoms with van der Waals surface area (Å²) in [7, 11) is -3.53. The Labute approximate surface area is 125 Å². The summed E-state index contributed by atoms with van der Waals surface area (Å²) in [5.74, 6) is 0.265. The second-order valence-electron chi connectivity index (χ2n) is 5.06. The van der Waals surface area contributed by atoms with E-state index in [-0.39, 0.29) is 5.92 Å². The molecule has 2 aromatic rings. The van der Waals surface area contributed by atoms with Crippen LogP contribution in [-0.2, 0) is 10.0 Å².